The second-order valence-corrected chi connectivity index (χ2v) is 3.91. The van der Waals surface area contributed by atoms with Gasteiger partial charge in [0, 0.05) is 6.20 Å². The van der Waals surface area contributed by atoms with E-state index in [1.807, 2.05) is 0 Å². The lowest BCUT2D eigenvalue weighted by Crippen LogP contribution is -2.14. The molecule has 1 N–H and O–H groups in total. The molecule has 0 saturated carbocycles. The van der Waals surface area contributed by atoms with Crippen molar-refractivity contribution in [1.82, 2.24) is 15.0 Å². The van der Waals surface area contributed by atoms with Gasteiger partial charge in [-0.1, -0.05) is 23.2 Å². The Morgan fingerprint density at radius 3 is 2.78 bits per heavy atom. The van der Waals surface area contributed by atoms with Crippen molar-refractivity contribution < 1.29 is 9.18 Å². The van der Waals surface area contributed by atoms with Gasteiger partial charge in [-0.2, -0.15) is 0 Å². The van der Waals surface area contributed by atoms with Gasteiger partial charge < -0.3 is 5.32 Å². The molecule has 0 aliphatic rings. The molecule has 0 radical (unpaired) electrons. The highest BCUT2D eigenvalue weighted by Crippen LogP contribution is 2.25. The van der Waals surface area contributed by atoms with Crippen LogP contribution in [0.15, 0.2) is 24.8 Å². The molecule has 0 atom stereocenters. The highest BCUT2D eigenvalue weighted by molar-refractivity contribution is 6.43. The quantitative estimate of drug-likeness (QED) is 0.862. The first-order valence-electron chi connectivity index (χ1n) is 4.66. The summed E-state index contributed by atoms with van der Waals surface area (Å²) >= 11 is 11.5. The Bertz CT molecular complexity index is 608. The van der Waals surface area contributed by atoms with E-state index < -0.39 is 11.7 Å². The molecule has 0 aliphatic carbocycles. The first-order valence-corrected chi connectivity index (χ1v) is 5.41. The number of nitrogens with one attached hydrogen (secondary N) is 1. The predicted octanol–water partition coefficient (Wildman–Crippen LogP) is 2.57. The molecule has 1 amide bonds. The number of nitrogens with zero attached hydrogens (tertiary/aromatic N) is 3. The molecular weight excluding hydrogens is 282 g/mol. The molecule has 0 unspecified atom stereocenters. The van der Waals surface area contributed by atoms with Gasteiger partial charge in [0.1, 0.15) is 17.2 Å². The lowest BCUT2D eigenvalue weighted by atomic mass is 10.2. The highest BCUT2D eigenvalue weighted by Gasteiger charge is 2.12. The summed E-state index contributed by atoms with van der Waals surface area (Å²) in [5.41, 5.74) is 0.0424. The van der Waals surface area contributed by atoms with Crippen LogP contribution in [0.5, 0.6) is 0 Å². The van der Waals surface area contributed by atoms with Gasteiger partial charge in [0.2, 0.25) is 0 Å². The van der Waals surface area contributed by atoms with E-state index in [1.54, 1.807) is 0 Å². The van der Waals surface area contributed by atoms with Crippen LogP contribution < -0.4 is 5.32 Å². The van der Waals surface area contributed by atoms with E-state index in [2.05, 4.69) is 20.3 Å². The molecule has 2 heterocycles. The van der Waals surface area contributed by atoms with Gasteiger partial charge in [-0.05, 0) is 6.07 Å². The van der Waals surface area contributed by atoms with Crippen LogP contribution in [0.25, 0.3) is 0 Å². The van der Waals surface area contributed by atoms with Crippen molar-refractivity contribution in [2.24, 2.45) is 0 Å². The first kappa shape index (κ1) is 12.7. The third-order valence-corrected chi connectivity index (χ3v) is 2.69. The molecule has 0 bridgehead atoms. The molecule has 0 aromatic carbocycles. The largest absolute Gasteiger partial charge is 0.305 e. The van der Waals surface area contributed by atoms with Gasteiger partial charge in [-0.25, -0.2) is 14.4 Å². The van der Waals surface area contributed by atoms with E-state index in [-0.39, 0.29) is 21.6 Å². The van der Waals surface area contributed by atoms with Gasteiger partial charge in [-0.15, -0.1) is 0 Å². The summed E-state index contributed by atoms with van der Waals surface area (Å²) in [6.45, 7) is 0. The second-order valence-electron chi connectivity index (χ2n) is 3.17. The fourth-order valence-corrected chi connectivity index (χ4v) is 1.43. The minimum Gasteiger partial charge on any atom is -0.305 e. The van der Waals surface area contributed by atoms with Crippen LogP contribution in [0, 0.1) is 5.82 Å². The number of anilines is 1. The Kier molecular flexibility index (Phi) is 3.69. The number of aromatic nitrogens is 3. The van der Waals surface area contributed by atoms with Crippen molar-refractivity contribution in [2.75, 3.05) is 5.32 Å². The Morgan fingerprint density at radius 2 is 2.06 bits per heavy atom. The van der Waals surface area contributed by atoms with Gasteiger partial charge in [0.05, 0.1) is 11.8 Å². The SMILES string of the molecule is O=C(Nc1ncnc(Cl)c1Cl)c1cncc(F)c1. The van der Waals surface area contributed by atoms with Crippen LogP contribution in [-0.4, -0.2) is 20.9 Å². The average molecular weight is 287 g/mol. The van der Waals surface area contributed by atoms with E-state index in [4.69, 9.17) is 23.2 Å². The van der Waals surface area contributed by atoms with Crippen LogP contribution in [0.2, 0.25) is 10.2 Å². The number of hydrogen-bond donors (Lipinski definition) is 1. The van der Waals surface area contributed by atoms with Crippen LogP contribution >= 0.6 is 23.2 Å². The molecule has 2 aromatic heterocycles. The van der Waals surface area contributed by atoms with E-state index >= 15 is 0 Å². The summed E-state index contributed by atoms with van der Waals surface area (Å²) in [6, 6.07) is 1.04. The monoisotopic (exact) mass is 286 g/mol. The molecule has 8 heteroatoms. The molecule has 0 fully saturated rings. The fourth-order valence-electron chi connectivity index (χ4n) is 1.15. The van der Waals surface area contributed by atoms with Crippen molar-refractivity contribution in [3.05, 3.63) is 46.3 Å². The number of carbonyl (C=O) groups is 1. The van der Waals surface area contributed by atoms with E-state index in [1.165, 1.54) is 6.20 Å². The third kappa shape index (κ3) is 2.72. The number of hydrogen-bond acceptors (Lipinski definition) is 4. The predicted molar refractivity (Wildman–Crippen MR) is 64.2 cm³/mol. The van der Waals surface area contributed by atoms with Crippen LogP contribution in [0.3, 0.4) is 0 Å². The van der Waals surface area contributed by atoms with E-state index in [0.717, 1.165) is 18.6 Å². The minimum absolute atomic E-state index is 0.0110. The van der Waals surface area contributed by atoms with Gasteiger partial charge in [0.15, 0.2) is 11.0 Å². The molecule has 2 aromatic rings. The van der Waals surface area contributed by atoms with Crippen LogP contribution in [0.4, 0.5) is 10.2 Å². The highest BCUT2D eigenvalue weighted by atomic mass is 35.5. The van der Waals surface area contributed by atoms with Crippen molar-refractivity contribution in [3.63, 3.8) is 0 Å². The molecule has 18 heavy (non-hydrogen) atoms. The van der Waals surface area contributed by atoms with Gasteiger partial charge >= 0.3 is 0 Å². The molecular formula is C10H5Cl2FN4O. The zero-order valence-corrected chi connectivity index (χ0v) is 10.2. The molecule has 0 aliphatic heterocycles. The van der Waals surface area contributed by atoms with Gasteiger partial charge in [0.25, 0.3) is 5.91 Å². The number of amides is 1. The molecule has 0 saturated heterocycles. The average Bonchev–Trinajstić information content (AvgIpc) is 2.35. The third-order valence-electron chi connectivity index (χ3n) is 1.95. The summed E-state index contributed by atoms with van der Waals surface area (Å²) in [5, 5.41) is 2.41. The Labute approximate surface area is 111 Å². The summed E-state index contributed by atoms with van der Waals surface area (Å²) in [4.78, 5) is 22.7. The second kappa shape index (κ2) is 5.24. The number of halogens is 3. The standard InChI is InChI=1S/C10H5Cl2FN4O/c11-7-8(12)15-4-16-9(7)17-10(18)5-1-6(13)3-14-2-5/h1-4H,(H,15,16,17,18). The normalized spacial score (nSPS) is 10.2. The maximum Gasteiger partial charge on any atom is 0.258 e. The summed E-state index contributed by atoms with van der Waals surface area (Å²) in [6.07, 6.45) is 3.36. The zero-order chi connectivity index (χ0) is 13.1. The molecule has 5 nitrogen and oxygen atoms in total. The Hall–Kier alpha value is -1.79. The first-order chi connectivity index (χ1) is 8.58. The minimum atomic E-state index is -0.616. The van der Waals surface area contributed by atoms with Crippen molar-refractivity contribution in [3.8, 4) is 0 Å². The molecule has 92 valence electrons. The van der Waals surface area contributed by atoms with Crippen molar-refractivity contribution >= 4 is 34.9 Å². The number of carbonyl (C=O) groups excluding carboxylic acids is 1. The fraction of sp³-hybridized carbons (Fsp3) is 0. The van der Waals surface area contributed by atoms with Crippen molar-refractivity contribution in [1.29, 1.82) is 0 Å². The zero-order valence-electron chi connectivity index (χ0n) is 8.69. The smallest absolute Gasteiger partial charge is 0.258 e. The van der Waals surface area contributed by atoms with E-state index in [9.17, 15) is 9.18 Å². The Balaban J connectivity index is 2.24. The number of pyridine rings is 1. The summed E-state index contributed by atoms with van der Waals surface area (Å²) in [5.74, 6) is -1.17. The molecule has 2 rings (SSSR count). The number of rotatable bonds is 2. The van der Waals surface area contributed by atoms with Crippen molar-refractivity contribution in [2.45, 2.75) is 0 Å². The summed E-state index contributed by atoms with van der Waals surface area (Å²) in [7, 11) is 0. The van der Waals surface area contributed by atoms with Crippen LogP contribution in [0.1, 0.15) is 10.4 Å². The topological polar surface area (TPSA) is 67.8 Å². The van der Waals surface area contributed by atoms with Gasteiger partial charge in [-0.3, -0.25) is 9.78 Å². The summed E-state index contributed by atoms with van der Waals surface area (Å²) < 4.78 is 12.9. The van der Waals surface area contributed by atoms with E-state index in [0.29, 0.717) is 0 Å². The van der Waals surface area contributed by atoms with Crippen LogP contribution in [-0.2, 0) is 0 Å². The maximum atomic E-state index is 12.9. The lowest BCUT2D eigenvalue weighted by Gasteiger charge is -2.06. The Morgan fingerprint density at radius 1 is 1.28 bits per heavy atom. The molecule has 0 spiro atoms. The maximum absolute atomic E-state index is 12.9. The lowest BCUT2D eigenvalue weighted by molar-refractivity contribution is 0.102.